The SMILES string of the molecule is CC#CC1CN(S(=O)(=O)c2ccc(N)nn2)CCN1. The number of hydrogen-bond acceptors (Lipinski definition) is 6. The molecule has 2 rings (SSSR count). The van der Waals surface area contributed by atoms with Crippen molar-refractivity contribution >= 4 is 15.8 Å². The van der Waals surface area contributed by atoms with Crippen LogP contribution in [0.25, 0.3) is 0 Å². The van der Waals surface area contributed by atoms with E-state index in [1.54, 1.807) is 6.92 Å². The first kappa shape index (κ1) is 13.7. The lowest BCUT2D eigenvalue weighted by Crippen LogP contribution is -2.52. The summed E-state index contributed by atoms with van der Waals surface area (Å²) in [5, 5.41) is 10.3. The Hall–Kier alpha value is -1.69. The van der Waals surface area contributed by atoms with Crippen molar-refractivity contribution in [1.82, 2.24) is 19.8 Å². The van der Waals surface area contributed by atoms with Crippen LogP contribution in [0.4, 0.5) is 5.82 Å². The summed E-state index contributed by atoms with van der Waals surface area (Å²) >= 11 is 0. The first-order valence-electron chi connectivity index (χ1n) is 5.79. The van der Waals surface area contributed by atoms with Crippen LogP contribution in [0.1, 0.15) is 6.92 Å². The molecule has 7 nitrogen and oxygen atoms in total. The largest absolute Gasteiger partial charge is 0.382 e. The summed E-state index contributed by atoms with van der Waals surface area (Å²) in [6, 6.07) is 2.63. The molecule has 0 radical (unpaired) electrons. The van der Waals surface area contributed by atoms with Crippen molar-refractivity contribution in [2.75, 3.05) is 25.4 Å². The number of nitrogen functional groups attached to an aromatic ring is 1. The molecule has 1 aliphatic rings. The second-order valence-corrected chi connectivity index (χ2v) is 5.95. The first-order chi connectivity index (χ1) is 9.04. The van der Waals surface area contributed by atoms with Crippen molar-refractivity contribution in [1.29, 1.82) is 0 Å². The summed E-state index contributed by atoms with van der Waals surface area (Å²) in [4.78, 5) is 0. The van der Waals surface area contributed by atoms with Crippen molar-refractivity contribution in [3.8, 4) is 11.8 Å². The molecule has 0 bridgehead atoms. The van der Waals surface area contributed by atoms with Gasteiger partial charge in [-0.1, -0.05) is 5.92 Å². The van der Waals surface area contributed by atoms with E-state index < -0.39 is 10.0 Å². The van der Waals surface area contributed by atoms with Gasteiger partial charge >= 0.3 is 0 Å². The Kier molecular flexibility index (Phi) is 3.99. The summed E-state index contributed by atoms with van der Waals surface area (Å²) in [5.41, 5.74) is 5.40. The minimum atomic E-state index is -3.63. The summed E-state index contributed by atoms with van der Waals surface area (Å²) in [5.74, 6) is 5.89. The fourth-order valence-corrected chi connectivity index (χ4v) is 3.14. The molecule has 0 aromatic carbocycles. The highest BCUT2D eigenvalue weighted by Gasteiger charge is 2.30. The molecule has 0 aliphatic carbocycles. The molecule has 0 amide bonds. The van der Waals surface area contributed by atoms with Crippen LogP contribution >= 0.6 is 0 Å². The molecule has 1 aromatic rings. The lowest BCUT2D eigenvalue weighted by atomic mass is 10.2. The summed E-state index contributed by atoms with van der Waals surface area (Å²) < 4.78 is 26.1. The van der Waals surface area contributed by atoms with Crippen molar-refractivity contribution in [2.24, 2.45) is 0 Å². The quantitative estimate of drug-likeness (QED) is 0.677. The highest BCUT2D eigenvalue weighted by atomic mass is 32.2. The van der Waals surface area contributed by atoms with E-state index in [1.165, 1.54) is 16.4 Å². The molecular formula is C11H15N5O2S. The van der Waals surface area contributed by atoms with Crippen LogP contribution in [0.2, 0.25) is 0 Å². The molecule has 1 unspecified atom stereocenters. The average molecular weight is 281 g/mol. The minimum absolute atomic E-state index is 0.0909. The number of rotatable bonds is 2. The zero-order valence-corrected chi connectivity index (χ0v) is 11.3. The second kappa shape index (κ2) is 5.52. The zero-order valence-electron chi connectivity index (χ0n) is 10.5. The van der Waals surface area contributed by atoms with E-state index in [2.05, 4.69) is 27.4 Å². The summed E-state index contributed by atoms with van der Waals surface area (Å²) in [7, 11) is -3.63. The number of sulfonamides is 1. The maximum atomic E-state index is 12.4. The third-order valence-corrected chi connectivity index (χ3v) is 4.48. The maximum Gasteiger partial charge on any atom is 0.262 e. The number of nitrogens with two attached hydrogens (primary N) is 1. The van der Waals surface area contributed by atoms with Crippen LogP contribution in [0.5, 0.6) is 0 Å². The van der Waals surface area contributed by atoms with Gasteiger partial charge in [0.05, 0.1) is 6.04 Å². The Morgan fingerprint density at radius 2 is 2.26 bits per heavy atom. The van der Waals surface area contributed by atoms with E-state index in [-0.39, 0.29) is 16.9 Å². The number of aromatic nitrogens is 2. The van der Waals surface area contributed by atoms with E-state index in [1.807, 2.05) is 0 Å². The van der Waals surface area contributed by atoms with Gasteiger partial charge in [0.15, 0.2) is 5.03 Å². The Bertz CT molecular complexity index is 602. The van der Waals surface area contributed by atoms with Gasteiger partial charge in [-0.15, -0.1) is 16.1 Å². The number of nitrogens with one attached hydrogen (secondary N) is 1. The van der Waals surface area contributed by atoms with Crippen molar-refractivity contribution in [2.45, 2.75) is 18.0 Å². The molecule has 102 valence electrons. The number of hydrogen-bond donors (Lipinski definition) is 2. The number of piperazine rings is 1. The molecule has 19 heavy (non-hydrogen) atoms. The predicted molar refractivity (Wildman–Crippen MR) is 70.4 cm³/mol. The third-order valence-electron chi connectivity index (χ3n) is 2.72. The van der Waals surface area contributed by atoms with Gasteiger partial charge < -0.3 is 11.1 Å². The van der Waals surface area contributed by atoms with Crippen molar-refractivity contribution in [3.63, 3.8) is 0 Å². The van der Waals surface area contributed by atoms with Crippen LogP contribution in [-0.2, 0) is 10.0 Å². The van der Waals surface area contributed by atoms with E-state index in [0.29, 0.717) is 19.6 Å². The van der Waals surface area contributed by atoms with E-state index in [9.17, 15) is 8.42 Å². The molecular weight excluding hydrogens is 266 g/mol. The molecule has 3 N–H and O–H groups in total. The third kappa shape index (κ3) is 3.01. The van der Waals surface area contributed by atoms with E-state index in [4.69, 9.17) is 5.73 Å². The molecule has 1 saturated heterocycles. The predicted octanol–water partition coefficient (Wildman–Crippen LogP) is -0.955. The molecule has 1 fully saturated rings. The smallest absolute Gasteiger partial charge is 0.262 e. The van der Waals surface area contributed by atoms with Gasteiger partial charge in [-0.2, -0.15) is 4.31 Å². The van der Waals surface area contributed by atoms with Gasteiger partial charge in [0.1, 0.15) is 5.82 Å². The minimum Gasteiger partial charge on any atom is -0.382 e. The molecule has 1 aliphatic heterocycles. The van der Waals surface area contributed by atoms with Crippen LogP contribution in [0.15, 0.2) is 17.2 Å². The van der Waals surface area contributed by atoms with E-state index >= 15 is 0 Å². The highest BCUT2D eigenvalue weighted by Crippen LogP contribution is 2.14. The average Bonchev–Trinajstić information content (AvgIpc) is 2.40. The van der Waals surface area contributed by atoms with Crippen molar-refractivity contribution in [3.05, 3.63) is 12.1 Å². The van der Waals surface area contributed by atoms with Crippen LogP contribution in [0, 0.1) is 11.8 Å². The fourth-order valence-electron chi connectivity index (χ4n) is 1.81. The topological polar surface area (TPSA) is 101 Å². The van der Waals surface area contributed by atoms with Gasteiger partial charge in [-0.25, -0.2) is 8.42 Å². The fraction of sp³-hybridized carbons (Fsp3) is 0.455. The van der Waals surface area contributed by atoms with E-state index in [0.717, 1.165) is 0 Å². The van der Waals surface area contributed by atoms with Gasteiger partial charge in [0, 0.05) is 19.6 Å². The Morgan fingerprint density at radius 1 is 1.47 bits per heavy atom. The Morgan fingerprint density at radius 3 is 2.89 bits per heavy atom. The summed E-state index contributed by atoms with van der Waals surface area (Å²) in [6.45, 7) is 2.97. The van der Waals surface area contributed by atoms with Gasteiger partial charge in [-0.05, 0) is 19.1 Å². The monoisotopic (exact) mass is 281 g/mol. The normalized spacial score (nSPS) is 20.6. The molecule has 0 spiro atoms. The highest BCUT2D eigenvalue weighted by molar-refractivity contribution is 7.89. The van der Waals surface area contributed by atoms with Gasteiger partial charge in [-0.3, -0.25) is 0 Å². The molecule has 0 saturated carbocycles. The van der Waals surface area contributed by atoms with Crippen molar-refractivity contribution < 1.29 is 8.42 Å². The van der Waals surface area contributed by atoms with Crippen LogP contribution < -0.4 is 11.1 Å². The Labute approximate surface area is 112 Å². The number of anilines is 1. The molecule has 8 heteroatoms. The number of nitrogens with zero attached hydrogens (tertiary/aromatic N) is 3. The van der Waals surface area contributed by atoms with Gasteiger partial charge in [0.25, 0.3) is 10.0 Å². The zero-order chi connectivity index (χ0) is 13.9. The van der Waals surface area contributed by atoms with Gasteiger partial charge in [0.2, 0.25) is 0 Å². The maximum absolute atomic E-state index is 12.4. The van der Waals surface area contributed by atoms with Crippen LogP contribution in [-0.4, -0.2) is 48.6 Å². The molecule has 2 heterocycles. The first-order valence-corrected chi connectivity index (χ1v) is 7.23. The standard InChI is InChI=1S/C11H15N5O2S/c1-2-3-9-8-16(7-6-13-9)19(17,18)11-5-4-10(12)14-15-11/h4-5,9,13H,6-8H2,1H3,(H2,12,14). The summed E-state index contributed by atoms with van der Waals surface area (Å²) in [6.07, 6.45) is 0. The molecule has 1 aromatic heterocycles. The lowest BCUT2D eigenvalue weighted by Gasteiger charge is -2.29. The Balaban J connectivity index is 2.23. The lowest BCUT2D eigenvalue weighted by molar-refractivity contribution is 0.329. The second-order valence-electron chi connectivity index (χ2n) is 4.06. The molecule has 1 atom stereocenters. The van der Waals surface area contributed by atoms with Crippen LogP contribution in [0.3, 0.4) is 0 Å².